The van der Waals surface area contributed by atoms with Gasteiger partial charge >= 0.3 is 0 Å². The first-order chi connectivity index (χ1) is 9.96. The van der Waals surface area contributed by atoms with Crippen LogP contribution >= 0.6 is 0 Å². The molecule has 1 aliphatic heterocycles. The number of fused-ring (bicyclic) bond motifs is 2. The zero-order valence-corrected chi connectivity index (χ0v) is 14.1. The van der Waals surface area contributed by atoms with E-state index in [4.69, 9.17) is 0 Å². The van der Waals surface area contributed by atoms with Gasteiger partial charge in [-0.1, -0.05) is 39.0 Å². The molecule has 21 heavy (non-hydrogen) atoms. The van der Waals surface area contributed by atoms with Gasteiger partial charge in [-0.2, -0.15) is 0 Å². The summed E-state index contributed by atoms with van der Waals surface area (Å²) in [6.07, 6.45) is 3.99. The van der Waals surface area contributed by atoms with E-state index in [0.717, 1.165) is 12.3 Å². The summed E-state index contributed by atoms with van der Waals surface area (Å²) in [6, 6.07) is 8.70. The average Bonchev–Trinajstić information content (AvgIpc) is 2.63. The Bertz CT molecular complexity index is 508. The number of benzene rings is 1. The molecule has 0 amide bonds. The summed E-state index contributed by atoms with van der Waals surface area (Å²) in [7, 11) is 2.02. The number of likely N-dealkylation sites (tertiary alicyclic amines) is 1. The van der Waals surface area contributed by atoms with Gasteiger partial charge in [0.1, 0.15) is 0 Å². The van der Waals surface area contributed by atoms with Crippen LogP contribution < -0.4 is 5.32 Å². The van der Waals surface area contributed by atoms with E-state index >= 15 is 0 Å². The first-order valence-electron chi connectivity index (χ1n) is 8.44. The Hall–Kier alpha value is -1.02. The van der Waals surface area contributed by atoms with Gasteiger partial charge in [-0.05, 0) is 47.6 Å². The lowest BCUT2D eigenvalue weighted by molar-refractivity contribution is -0.0169. The van der Waals surface area contributed by atoms with Gasteiger partial charge in [-0.3, -0.25) is 0 Å². The summed E-state index contributed by atoms with van der Waals surface area (Å²) in [4.78, 5) is 2.72. The zero-order valence-electron chi connectivity index (χ0n) is 14.1. The van der Waals surface area contributed by atoms with Crippen LogP contribution in [0.4, 0.5) is 5.69 Å². The van der Waals surface area contributed by atoms with Crippen molar-refractivity contribution in [2.45, 2.75) is 40.0 Å². The molecule has 1 saturated carbocycles. The van der Waals surface area contributed by atoms with E-state index in [1.165, 1.54) is 43.7 Å². The van der Waals surface area contributed by atoms with E-state index in [0.29, 0.717) is 10.8 Å². The van der Waals surface area contributed by atoms with Crippen molar-refractivity contribution in [3.8, 4) is 0 Å². The lowest BCUT2D eigenvalue weighted by Crippen LogP contribution is -2.52. The minimum atomic E-state index is 0.512. The highest BCUT2D eigenvalue weighted by Crippen LogP contribution is 2.58. The molecule has 1 saturated heterocycles. The maximum Gasteiger partial charge on any atom is 0.0370 e. The van der Waals surface area contributed by atoms with Crippen LogP contribution in [0.25, 0.3) is 0 Å². The second-order valence-corrected chi connectivity index (χ2v) is 7.91. The van der Waals surface area contributed by atoms with Crippen LogP contribution in [-0.2, 0) is 6.42 Å². The van der Waals surface area contributed by atoms with E-state index in [2.05, 4.69) is 55.3 Å². The van der Waals surface area contributed by atoms with Crippen molar-refractivity contribution < 1.29 is 0 Å². The number of piperidine rings is 1. The monoisotopic (exact) mass is 286 g/mol. The van der Waals surface area contributed by atoms with Crippen molar-refractivity contribution in [2.24, 2.45) is 16.7 Å². The van der Waals surface area contributed by atoms with Crippen LogP contribution in [0.2, 0.25) is 0 Å². The Morgan fingerprint density at radius 1 is 1.24 bits per heavy atom. The largest absolute Gasteiger partial charge is 0.388 e. The molecule has 0 radical (unpaired) electrons. The molecule has 1 heterocycles. The molecule has 116 valence electrons. The summed E-state index contributed by atoms with van der Waals surface area (Å²) in [5, 5.41) is 3.32. The summed E-state index contributed by atoms with van der Waals surface area (Å²) in [5.41, 5.74) is 3.76. The van der Waals surface area contributed by atoms with Gasteiger partial charge in [-0.25, -0.2) is 0 Å². The SMILES string of the molecule is CNc1ccccc1CCN1CC2CCC(C)(C1)C2(C)C. The minimum Gasteiger partial charge on any atom is -0.388 e. The van der Waals surface area contributed by atoms with Gasteiger partial charge in [0.15, 0.2) is 0 Å². The highest BCUT2D eigenvalue weighted by Gasteiger charge is 2.55. The molecule has 2 nitrogen and oxygen atoms in total. The predicted octanol–water partition coefficient (Wildman–Crippen LogP) is 4.03. The molecule has 1 aromatic rings. The number of para-hydroxylation sites is 1. The fourth-order valence-electron chi connectivity index (χ4n) is 4.57. The van der Waals surface area contributed by atoms with E-state index < -0.39 is 0 Å². The Labute approximate surface area is 129 Å². The molecule has 2 fully saturated rings. The van der Waals surface area contributed by atoms with Crippen LogP contribution in [0, 0.1) is 16.7 Å². The molecular formula is C19H30N2. The van der Waals surface area contributed by atoms with Crippen molar-refractivity contribution in [3.63, 3.8) is 0 Å². The quantitative estimate of drug-likeness (QED) is 0.899. The van der Waals surface area contributed by atoms with Crippen LogP contribution in [0.5, 0.6) is 0 Å². The van der Waals surface area contributed by atoms with Crippen LogP contribution in [0.3, 0.4) is 0 Å². The average molecular weight is 286 g/mol. The highest BCUT2D eigenvalue weighted by atomic mass is 15.2. The minimum absolute atomic E-state index is 0.512. The Kier molecular flexibility index (Phi) is 3.77. The summed E-state index contributed by atoms with van der Waals surface area (Å²) in [6.45, 7) is 11.3. The van der Waals surface area contributed by atoms with Crippen molar-refractivity contribution in [2.75, 3.05) is 32.0 Å². The summed E-state index contributed by atoms with van der Waals surface area (Å²) >= 11 is 0. The molecule has 0 spiro atoms. The van der Waals surface area contributed by atoms with Crippen molar-refractivity contribution in [3.05, 3.63) is 29.8 Å². The van der Waals surface area contributed by atoms with Crippen molar-refractivity contribution in [1.82, 2.24) is 4.90 Å². The van der Waals surface area contributed by atoms with E-state index in [1.807, 2.05) is 7.05 Å². The molecular weight excluding hydrogens is 256 g/mol. The van der Waals surface area contributed by atoms with Gasteiger partial charge in [0, 0.05) is 32.4 Å². The molecule has 2 unspecified atom stereocenters. The normalized spacial score (nSPS) is 31.3. The predicted molar refractivity (Wildman–Crippen MR) is 90.7 cm³/mol. The molecule has 2 aliphatic rings. The fraction of sp³-hybridized carbons (Fsp3) is 0.684. The molecule has 2 atom stereocenters. The number of nitrogens with zero attached hydrogens (tertiary/aromatic N) is 1. The first-order valence-corrected chi connectivity index (χ1v) is 8.44. The first kappa shape index (κ1) is 14.9. The van der Waals surface area contributed by atoms with Crippen molar-refractivity contribution in [1.29, 1.82) is 0 Å². The third kappa shape index (κ3) is 2.48. The molecule has 1 N–H and O–H groups in total. The van der Waals surface area contributed by atoms with Gasteiger partial charge in [0.2, 0.25) is 0 Å². The summed E-state index contributed by atoms with van der Waals surface area (Å²) in [5.74, 6) is 0.885. The lowest BCUT2D eigenvalue weighted by atomic mass is 9.63. The van der Waals surface area contributed by atoms with Crippen LogP contribution in [-0.4, -0.2) is 31.6 Å². The van der Waals surface area contributed by atoms with Crippen LogP contribution in [0.15, 0.2) is 24.3 Å². The van der Waals surface area contributed by atoms with E-state index in [9.17, 15) is 0 Å². The Balaban J connectivity index is 1.66. The third-order valence-corrected chi connectivity index (χ3v) is 6.66. The lowest BCUT2D eigenvalue weighted by Gasteiger charge is -2.50. The maximum absolute atomic E-state index is 3.32. The number of anilines is 1. The zero-order chi connectivity index (χ0) is 15.1. The Morgan fingerprint density at radius 2 is 2.00 bits per heavy atom. The molecule has 2 heteroatoms. The smallest absolute Gasteiger partial charge is 0.0370 e. The second-order valence-electron chi connectivity index (χ2n) is 7.91. The van der Waals surface area contributed by atoms with Gasteiger partial charge in [0.05, 0.1) is 0 Å². The number of hydrogen-bond acceptors (Lipinski definition) is 2. The van der Waals surface area contributed by atoms with Gasteiger partial charge in [-0.15, -0.1) is 0 Å². The third-order valence-electron chi connectivity index (χ3n) is 6.66. The van der Waals surface area contributed by atoms with Gasteiger partial charge in [0.25, 0.3) is 0 Å². The van der Waals surface area contributed by atoms with Crippen molar-refractivity contribution >= 4 is 5.69 Å². The van der Waals surface area contributed by atoms with E-state index in [1.54, 1.807) is 0 Å². The molecule has 1 aliphatic carbocycles. The number of nitrogens with one attached hydrogen (secondary N) is 1. The summed E-state index contributed by atoms with van der Waals surface area (Å²) < 4.78 is 0. The second kappa shape index (κ2) is 5.31. The Morgan fingerprint density at radius 3 is 2.71 bits per heavy atom. The standard InChI is InChI=1S/C19H30N2/c1-18(2)16-9-11-19(18,3)14-21(13-16)12-10-15-7-5-6-8-17(15)20-4/h5-8,16,20H,9-14H2,1-4H3. The molecule has 0 aromatic heterocycles. The van der Waals surface area contributed by atoms with Gasteiger partial charge < -0.3 is 10.2 Å². The fourth-order valence-corrected chi connectivity index (χ4v) is 4.57. The number of rotatable bonds is 4. The number of hydrogen-bond donors (Lipinski definition) is 1. The topological polar surface area (TPSA) is 15.3 Å². The molecule has 2 bridgehead atoms. The maximum atomic E-state index is 3.32. The molecule has 1 aromatic carbocycles. The van der Waals surface area contributed by atoms with E-state index in [-0.39, 0.29) is 0 Å². The molecule has 3 rings (SSSR count). The van der Waals surface area contributed by atoms with Crippen LogP contribution in [0.1, 0.15) is 39.2 Å². The highest BCUT2D eigenvalue weighted by molar-refractivity contribution is 5.50.